The summed E-state index contributed by atoms with van der Waals surface area (Å²) in [6.45, 7) is 5.16. The third-order valence-corrected chi connectivity index (χ3v) is 4.73. The monoisotopic (exact) mass is 271 g/mol. The van der Waals surface area contributed by atoms with Crippen LogP contribution in [0.4, 0.5) is 0 Å². The first-order valence-electron chi connectivity index (χ1n) is 5.98. The molecule has 2 nitrogen and oxygen atoms in total. The van der Waals surface area contributed by atoms with Gasteiger partial charge in [-0.3, -0.25) is 4.21 Å². The van der Waals surface area contributed by atoms with Crippen molar-refractivity contribution in [1.29, 1.82) is 0 Å². The van der Waals surface area contributed by atoms with Gasteiger partial charge in [-0.25, -0.2) is 0 Å². The quantitative estimate of drug-likeness (QED) is 0.842. The molecule has 1 atom stereocenters. The lowest BCUT2D eigenvalue weighted by Crippen LogP contribution is -2.39. The number of hydrogen-bond donors (Lipinski definition) is 0. The Hall–Kier alpha value is -0.380. The minimum atomic E-state index is -0.587. The van der Waals surface area contributed by atoms with Crippen molar-refractivity contribution in [2.75, 3.05) is 31.1 Å². The van der Waals surface area contributed by atoms with Crippen LogP contribution in [0, 0.1) is 0 Å². The van der Waals surface area contributed by atoms with Crippen molar-refractivity contribution >= 4 is 22.4 Å². The molecule has 1 fully saturated rings. The lowest BCUT2D eigenvalue weighted by molar-refractivity contribution is 0.284. The first-order valence-corrected chi connectivity index (χ1v) is 7.84. The molecule has 0 N–H and O–H groups in total. The highest BCUT2D eigenvalue weighted by Crippen LogP contribution is 2.20. The summed E-state index contributed by atoms with van der Waals surface area (Å²) in [6.07, 6.45) is 0. The normalized spacial score (nSPS) is 20.4. The molecule has 0 amide bonds. The third kappa shape index (κ3) is 3.80. The SMILES string of the molecule is C[C@@H](CN1CCS(=O)CC1)c1cccc(Cl)c1. The second-order valence-electron chi connectivity index (χ2n) is 4.60. The van der Waals surface area contributed by atoms with E-state index in [1.165, 1.54) is 5.56 Å². The van der Waals surface area contributed by atoms with Gasteiger partial charge in [-0.05, 0) is 23.6 Å². The van der Waals surface area contributed by atoms with E-state index in [2.05, 4.69) is 17.9 Å². The molecule has 1 aromatic rings. The lowest BCUT2D eigenvalue weighted by atomic mass is 10.0. The van der Waals surface area contributed by atoms with Gasteiger partial charge in [0.1, 0.15) is 0 Å². The van der Waals surface area contributed by atoms with Gasteiger partial charge in [-0.15, -0.1) is 0 Å². The molecular weight excluding hydrogens is 254 g/mol. The van der Waals surface area contributed by atoms with E-state index in [9.17, 15) is 4.21 Å². The number of rotatable bonds is 3. The molecule has 1 saturated heterocycles. The van der Waals surface area contributed by atoms with Crippen molar-refractivity contribution in [3.8, 4) is 0 Å². The largest absolute Gasteiger partial charge is 0.301 e. The fraction of sp³-hybridized carbons (Fsp3) is 0.538. The molecule has 0 unspecified atom stereocenters. The number of nitrogens with zero attached hydrogens (tertiary/aromatic N) is 1. The maximum absolute atomic E-state index is 11.3. The molecule has 94 valence electrons. The molecular formula is C13H18ClNOS. The molecule has 0 aromatic heterocycles. The molecule has 1 heterocycles. The van der Waals surface area contributed by atoms with Crippen LogP contribution in [0.3, 0.4) is 0 Å². The lowest BCUT2D eigenvalue weighted by Gasteiger charge is -2.28. The van der Waals surface area contributed by atoms with E-state index in [0.29, 0.717) is 5.92 Å². The number of hydrogen-bond acceptors (Lipinski definition) is 2. The van der Waals surface area contributed by atoms with Crippen LogP contribution < -0.4 is 0 Å². The van der Waals surface area contributed by atoms with Crippen molar-refractivity contribution in [1.82, 2.24) is 4.90 Å². The summed E-state index contributed by atoms with van der Waals surface area (Å²) in [5.74, 6) is 2.12. The Labute approximate surface area is 110 Å². The molecule has 1 aliphatic heterocycles. The van der Waals surface area contributed by atoms with E-state index in [1.54, 1.807) is 0 Å². The summed E-state index contributed by atoms with van der Waals surface area (Å²) in [4.78, 5) is 2.40. The average molecular weight is 272 g/mol. The average Bonchev–Trinajstić information content (AvgIpc) is 2.32. The smallest absolute Gasteiger partial charge is 0.0408 e. The summed E-state index contributed by atoms with van der Waals surface area (Å²) < 4.78 is 11.3. The predicted octanol–water partition coefficient (Wildman–Crippen LogP) is 2.51. The highest BCUT2D eigenvalue weighted by Gasteiger charge is 2.17. The predicted molar refractivity (Wildman–Crippen MR) is 74.2 cm³/mol. The van der Waals surface area contributed by atoms with E-state index in [-0.39, 0.29) is 0 Å². The topological polar surface area (TPSA) is 20.3 Å². The fourth-order valence-electron chi connectivity index (χ4n) is 2.16. The van der Waals surface area contributed by atoms with Gasteiger partial charge < -0.3 is 4.90 Å². The van der Waals surface area contributed by atoms with E-state index in [4.69, 9.17) is 11.6 Å². The Bertz CT molecular complexity index is 400. The van der Waals surface area contributed by atoms with Crippen LogP contribution in [-0.2, 0) is 10.8 Å². The van der Waals surface area contributed by atoms with Crippen LogP contribution in [0.1, 0.15) is 18.4 Å². The maximum Gasteiger partial charge on any atom is 0.0408 e. The molecule has 0 bridgehead atoms. The highest BCUT2D eigenvalue weighted by molar-refractivity contribution is 7.85. The van der Waals surface area contributed by atoms with E-state index in [1.807, 2.05) is 18.2 Å². The highest BCUT2D eigenvalue weighted by atomic mass is 35.5. The minimum absolute atomic E-state index is 0.472. The van der Waals surface area contributed by atoms with Crippen molar-refractivity contribution in [3.05, 3.63) is 34.9 Å². The van der Waals surface area contributed by atoms with Crippen LogP contribution in [0.5, 0.6) is 0 Å². The minimum Gasteiger partial charge on any atom is -0.301 e. The number of benzene rings is 1. The Kier molecular flexibility index (Phi) is 4.60. The molecule has 2 rings (SSSR count). The van der Waals surface area contributed by atoms with Gasteiger partial charge >= 0.3 is 0 Å². The second-order valence-corrected chi connectivity index (χ2v) is 6.74. The van der Waals surface area contributed by atoms with Crippen molar-refractivity contribution < 1.29 is 4.21 Å². The van der Waals surface area contributed by atoms with Gasteiger partial charge in [0.15, 0.2) is 0 Å². The van der Waals surface area contributed by atoms with Crippen molar-refractivity contribution in [3.63, 3.8) is 0 Å². The Morgan fingerprint density at radius 2 is 2.12 bits per heavy atom. The maximum atomic E-state index is 11.3. The fourth-order valence-corrected chi connectivity index (χ4v) is 3.49. The Balaban J connectivity index is 1.92. The van der Waals surface area contributed by atoms with Gasteiger partial charge in [-0.2, -0.15) is 0 Å². The van der Waals surface area contributed by atoms with E-state index < -0.39 is 10.8 Å². The molecule has 0 aliphatic carbocycles. The van der Waals surface area contributed by atoms with E-state index in [0.717, 1.165) is 36.2 Å². The van der Waals surface area contributed by atoms with Crippen LogP contribution in [0.15, 0.2) is 24.3 Å². The first kappa shape index (κ1) is 13.1. The molecule has 0 spiro atoms. The second kappa shape index (κ2) is 5.98. The summed E-state index contributed by atoms with van der Waals surface area (Å²) in [5, 5.41) is 0.800. The van der Waals surface area contributed by atoms with Gasteiger partial charge in [-0.1, -0.05) is 30.7 Å². The molecule has 0 radical (unpaired) electrons. The van der Waals surface area contributed by atoms with Crippen molar-refractivity contribution in [2.24, 2.45) is 0 Å². The zero-order valence-electron chi connectivity index (χ0n) is 10.1. The summed E-state index contributed by atoms with van der Waals surface area (Å²) in [7, 11) is -0.587. The number of halogens is 1. The molecule has 1 aliphatic rings. The van der Waals surface area contributed by atoms with Crippen LogP contribution in [-0.4, -0.2) is 40.2 Å². The zero-order valence-corrected chi connectivity index (χ0v) is 11.6. The van der Waals surface area contributed by atoms with Gasteiger partial charge in [0.2, 0.25) is 0 Å². The molecule has 17 heavy (non-hydrogen) atoms. The summed E-state index contributed by atoms with van der Waals surface area (Å²) in [5.41, 5.74) is 1.28. The Morgan fingerprint density at radius 1 is 1.41 bits per heavy atom. The third-order valence-electron chi connectivity index (χ3n) is 3.22. The van der Waals surface area contributed by atoms with Crippen LogP contribution in [0.2, 0.25) is 5.02 Å². The summed E-state index contributed by atoms with van der Waals surface area (Å²) in [6, 6.07) is 8.06. The molecule has 0 saturated carbocycles. The van der Waals surface area contributed by atoms with E-state index >= 15 is 0 Å². The van der Waals surface area contributed by atoms with Crippen molar-refractivity contribution in [2.45, 2.75) is 12.8 Å². The van der Waals surface area contributed by atoms with Gasteiger partial charge in [0.05, 0.1) is 0 Å². The zero-order chi connectivity index (χ0) is 12.3. The van der Waals surface area contributed by atoms with Crippen LogP contribution in [0.25, 0.3) is 0 Å². The molecule has 1 aromatic carbocycles. The van der Waals surface area contributed by atoms with Gasteiger partial charge in [0.25, 0.3) is 0 Å². The standard InChI is InChI=1S/C13H18ClNOS/c1-11(12-3-2-4-13(14)9-12)10-15-5-7-17(16)8-6-15/h2-4,9,11H,5-8,10H2,1H3/t11-/m0/s1. The van der Waals surface area contributed by atoms with Gasteiger partial charge in [0, 0.05) is 47.0 Å². The van der Waals surface area contributed by atoms with Crippen LogP contribution >= 0.6 is 11.6 Å². The molecule has 4 heteroatoms. The first-order chi connectivity index (χ1) is 8.15. The summed E-state index contributed by atoms with van der Waals surface area (Å²) >= 11 is 6.00. The Morgan fingerprint density at radius 3 is 2.76 bits per heavy atom.